The van der Waals surface area contributed by atoms with E-state index in [1.165, 1.54) is 36.4 Å². The van der Waals surface area contributed by atoms with Crippen molar-refractivity contribution in [3.8, 4) is 22.8 Å². The van der Waals surface area contributed by atoms with Gasteiger partial charge in [-0.15, -0.1) is 0 Å². The lowest BCUT2D eigenvalue weighted by atomic mass is 10.1. The molecule has 2 aromatic carbocycles. The summed E-state index contributed by atoms with van der Waals surface area (Å²) < 4.78 is 19.3. The van der Waals surface area contributed by atoms with Crippen LogP contribution in [0.5, 0.6) is 0 Å². The number of hydrogen-bond acceptors (Lipinski definition) is 6. The predicted molar refractivity (Wildman–Crippen MR) is 105 cm³/mol. The summed E-state index contributed by atoms with van der Waals surface area (Å²) >= 11 is 0. The number of oxazole rings is 1. The average Bonchev–Trinajstić information content (AvgIpc) is 3.13. The lowest BCUT2D eigenvalue weighted by molar-refractivity contribution is -0.384. The van der Waals surface area contributed by atoms with Gasteiger partial charge in [-0.05, 0) is 38.4 Å². The minimum Gasteiger partial charge on any atom is -0.435 e. The first-order chi connectivity index (χ1) is 13.9. The molecule has 0 spiro atoms. The molecule has 1 amide bonds. The minimum atomic E-state index is -0.562. The molecule has 0 saturated heterocycles. The van der Waals surface area contributed by atoms with Crippen LogP contribution >= 0.6 is 0 Å². The van der Waals surface area contributed by atoms with Gasteiger partial charge in [-0.2, -0.15) is 0 Å². The molecule has 0 fully saturated rings. The van der Waals surface area contributed by atoms with Crippen molar-refractivity contribution in [1.82, 2.24) is 15.2 Å². The second-order valence-electron chi connectivity index (χ2n) is 6.54. The number of nitro benzene ring substituents is 1. The maximum atomic E-state index is 13.6. The van der Waals surface area contributed by atoms with Crippen LogP contribution in [-0.2, 0) is 0 Å². The third-order valence-electron chi connectivity index (χ3n) is 4.10. The van der Waals surface area contributed by atoms with Gasteiger partial charge in [0.05, 0.1) is 10.5 Å². The monoisotopic (exact) mass is 398 g/mol. The number of carbonyl (C=O) groups is 1. The van der Waals surface area contributed by atoms with E-state index in [0.717, 1.165) is 0 Å². The molecule has 0 atom stereocenters. The number of nitrogens with zero attached hydrogens (tertiary/aromatic N) is 3. The number of carbonyl (C=O) groups excluding carboxylic acids is 1. The first kappa shape index (κ1) is 20.2. The smallest absolute Gasteiger partial charge is 0.280 e. The topological polar surface area (TPSA) is 102 Å². The maximum absolute atomic E-state index is 13.6. The van der Waals surface area contributed by atoms with E-state index in [2.05, 4.69) is 10.3 Å². The lowest BCUT2D eigenvalue weighted by Gasteiger charge is -2.09. The van der Waals surface area contributed by atoms with Gasteiger partial charge in [-0.1, -0.05) is 18.2 Å². The number of para-hydroxylation sites is 1. The van der Waals surface area contributed by atoms with Crippen molar-refractivity contribution in [1.29, 1.82) is 0 Å². The van der Waals surface area contributed by atoms with Gasteiger partial charge in [0.15, 0.2) is 11.5 Å². The summed E-state index contributed by atoms with van der Waals surface area (Å²) in [4.78, 5) is 29.7. The molecule has 0 bridgehead atoms. The van der Waals surface area contributed by atoms with Crippen molar-refractivity contribution in [3.05, 3.63) is 70.2 Å². The molecule has 150 valence electrons. The molecule has 1 heterocycles. The zero-order valence-electron chi connectivity index (χ0n) is 15.9. The Hall–Kier alpha value is -3.59. The minimum absolute atomic E-state index is 0.00425. The zero-order valence-corrected chi connectivity index (χ0v) is 15.9. The summed E-state index contributed by atoms with van der Waals surface area (Å²) in [6.07, 6.45) is 0. The second-order valence-corrected chi connectivity index (χ2v) is 6.54. The molecule has 0 radical (unpaired) electrons. The highest BCUT2D eigenvalue weighted by atomic mass is 19.1. The van der Waals surface area contributed by atoms with E-state index in [1.54, 1.807) is 12.1 Å². The summed E-state index contributed by atoms with van der Waals surface area (Å²) in [5, 5.41) is 14.2. The molecule has 0 aliphatic heterocycles. The van der Waals surface area contributed by atoms with Crippen LogP contribution in [0.1, 0.15) is 10.5 Å². The lowest BCUT2D eigenvalue weighted by Crippen LogP contribution is -2.31. The predicted octanol–water partition coefficient (Wildman–Crippen LogP) is 3.35. The number of amides is 1. The van der Waals surface area contributed by atoms with Gasteiger partial charge in [0, 0.05) is 24.7 Å². The quantitative estimate of drug-likeness (QED) is 0.484. The molecule has 0 aliphatic carbocycles. The first-order valence-corrected chi connectivity index (χ1v) is 8.80. The fraction of sp³-hybridized carbons (Fsp3) is 0.200. The number of rotatable bonds is 7. The molecule has 3 rings (SSSR count). The van der Waals surface area contributed by atoms with Crippen LogP contribution in [0.25, 0.3) is 22.8 Å². The molecule has 9 heteroatoms. The summed E-state index contributed by atoms with van der Waals surface area (Å²) in [7, 11) is 3.73. The molecular formula is C20H19FN4O4. The Morgan fingerprint density at radius 3 is 2.69 bits per heavy atom. The van der Waals surface area contributed by atoms with Crippen molar-refractivity contribution >= 4 is 11.6 Å². The summed E-state index contributed by atoms with van der Waals surface area (Å²) in [5.74, 6) is -1.08. The van der Waals surface area contributed by atoms with E-state index >= 15 is 0 Å². The fourth-order valence-electron chi connectivity index (χ4n) is 2.70. The fourth-order valence-corrected chi connectivity index (χ4v) is 2.70. The highest BCUT2D eigenvalue weighted by Gasteiger charge is 2.27. The van der Waals surface area contributed by atoms with Crippen molar-refractivity contribution in [2.45, 2.75) is 0 Å². The van der Waals surface area contributed by atoms with E-state index in [9.17, 15) is 19.3 Å². The van der Waals surface area contributed by atoms with E-state index < -0.39 is 16.6 Å². The Balaban J connectivity index is 2.08. The third kappa shape index (κ3) is 4.64. The van der Waals surface area contributed by atoms with Gasteiger partial charge >= 0.3 is 0 Å². The SMILES string of the molecule is CN(C)CCNC(=O)c1nc(-c2cccc(F)c2)oc1-c1ccccc1[N+](=O)[O-]. The van der Waals surface area contributed by atoms with Crippen LogP contribution < -0.4 is 5.32 Å². The van der Waals surface area contributed by atoms with E-state index in [1.807, 2.05) is 19.0 Å². The third-order valence-corrected chi connectivity index (χ3v) is 4.10. The van der Waals surface area contributed by atoms with Crippen molar-refractivity contribution in [2.75, 3.05) is 27.2 Å². The van der Waals surface area contributed by atoms with Gasteiger partial charge in [-0.25, -0.2) is 9.37 Å². The molecule has 1 aromatic heterocycles. The second kappa shape index (κ2) is 8.61. The van der Waals surface area contributed by atoms with Gasteiger partial charge in [0.25, 0.3) is 11.6 Å². The largest absolute Gasteiger partial charge is 0.435 e. The number of benzene rings is 2. The number of hydrogen-bond donors (Lipinski definition) is 1. The number of aromatic nitrogens is 1. The Bertz CT molecular complexity index is 1050. The summed E-state index contributed by atoms with van der Waals surface area (Å²) in [5.41, 5.74) is 0.108. The molecule has 0 aliphatic rings. The Morgan fingerprint density at radius 1 is 1.24 bits per heavy atom. The highest BCUT2D eigenvalue weighted by molar-refractivity contribution is 5.99. The number of nitrogens with one attached hydrogen (secondary N) is 1. The number of likely N-dealkylation sites (N-methyl/N-ethyl adjacent to an activating group) is 1. The van der Waals surface area contributed by atoms with Crippen molar-refractivity contribution in [3.63, 3.8) is 0 Å². The molecule has 0 unspecified atom stereocenters. The van der Waals surface area contributed by atoms with Gasteiger partial charge in [-0.3, -0.25) is 14.9 Å². The zero-order chi connectivity index (χ0) is 21.0. The van der Waals surface area contributed by atoms with Crippen molar-refractivity contribution < 1.29 is 18.5 Å². The molecule has 1 N–H and O–H groups in total. The Kier molecular flexibility index (Phi) is 5.99. The van der Waals surface area contributed by atoms with Gasteiger partial charge in [0.2, 0.25) is 5.89 Å². The Morgan fingerprint density at radius 2 is 2.00 bits per heavy atom. The van der Waals surface area contributed by atoms with Gasteiger partial charge < -0.3 is 14.6 Å². The normalized spacial score (nSPS) is 10.9. The molecule has 3 aromatic rings. The van der Waals surface area contributed by atoms with Crippen LogP contribution in [0.4, 0.5) is 10.1 Å². The summed E-state index contributed by atoms with van der Waals surface area (Å²) in [6.45, 7) is 0.950. The van der Waals surface area contributed by atoms with Gasteiger partial charge in [0.1, 0.15) is 5.82 Å². The molecule has 0 saturated carbocycles. The van der Waals surface area contributed by atoms with Crippen LogP contribution in [0.2, 0.25) is 0 Å². The standard InChI is InChI=1S/C20H19FN4O4/c1-24(2)11-10-22-19(26)17-18(15-8-3-4-9-16(15)25(27)28)29-20(23-17)13-6-5-7-14(21)12-13/h3-9,12H,10-11H2,1-2H3,(H,22,26). The molecule has 29 heavy (non-hydrogen) atoms. The van der Waals surface area contributed by atoms with Crippen molar-refractivity contribution in [2.24, 2.45) is 0 Å². The number of nitro groups is 1. The molecular weight excluding hydrogens is 379 g/mol. The number of halogens is 1. The van der Waals surface area contributed by atoms with E-state index in [4.69, 9.17) is 4.42 Å². The Labute approximate surface area is 166 Å². The molecule has 8 nitrogen and oxygen atoms in total. The summed E-state index contributed by atoms with van der Waals surface area (Å²) in [6, 6.07) is 11.4. The maximum Gasteiger partial charge on any atom is 0.280 e. The first-order valence-electron chi connectivity index (χ1n) is 8.80. The van der Waals surface area contributed by atoms with Crippen LogP contribution in [0, 0.1) is 15.9 Å². The average molecular weight is 398 g/mol. The van der Waals surface area contributed by atoms with E-state index in [-0.39, 0.29) is 28.6 Å². The highest BCUT2D eigenvalue weighted by Crippen LogP contribution is 2.35. The van der Waals surface area contributed by atoms with Crippen LogP contribution in [-0.4, -0.2) is 47.9 Å². The van der Waals surface area contributed by atoms with Crippen LogP contribution in [0.15, 0.2) is 52.9 Å². The van der Waals surface area contributed by atoms with Crippen LogP contribution in [0.3, 0.4) is 0 Å². The van der Waals surface area contributed by atoms with E-state index in [0.29, 0.717) is 18.7 Å².